The largest absolute Gasteiger partial charge is 2.00 e. The van der Waals surface area contributed by atoms with Crippen molar-refractivity contribution in [1.82, 2.24) is 0 Å². The molecule has 0 spiro atoms. The van der Waals surface area contributed by atoms with E-state index in [0.717, 1.165) is 12.5 Å². The third-order valence-electron chi connectivity index (χ3n) is 0.359. The quantitative estimate of drug-likeness (QED) is 0.400. The van der Waals surface area contributed by atoms with Crippen molar-refractivity contribution in [1.29, 1.82) is 0 Å². The molecule has 0 rings (SSSR count). The van der Waals surface area contributed by atoms with Crippen LogP contribution in [0.4, 0.5) is 0 Å². The predicted molar refractivity (Wildman–Crippen MR) is 40.6 cm³/mol. The molecule has 2 atom stereocenters. The van der Waals surface area contributed by atoms with Gasteiger partial charge in [0.05, 0.1) is 12.5 Å². The zero-order chi connectivity index (χ0) is 9.98. The molecule has 2 unspecified atom stereocenters. The zero-order valence-corrected chi connectivity index (χ0v) is 9.26. The van der Waals surface area contributed by atoms with Crippen LogP contribution in [-0.4, -0.2) is 0 Å². The van der Waals surface area contributed by atoms with Crippen molar-refractivity contribution in [3.8, 4) is 0 Å². The van der Waals surface area contributed by atoms with Crippen LogP contribution >= 0.6 is 16.5 Å². The Morgan fingerprint density at radius 3 is 1.23 bits per heavy atom. The second-order valence-corrected chi connectivity index (χ2v) is 2.54. The summed E-state index contributed by atoms with van der Waals surface area (Å²) in [5, 5.41) is 0. The molecule has 0 aliphatic heterocycles. The number of rotatable bonds is 4. The molecule has 0 aromatic rings. The van der Waals surface area contributed by atoms with E-state index < -0.39 is 16.5 Å². The van der Waals surface area contributed by atoms with Gasteiger partial charge in [0.15, 0.2) is 16.5 Å². The van der Waals surface area contributed by atoms with Gasteiger partial charge >= 0.3 is 17.1 Å². The maximum atomic E-state index is 9.38. The van der Waals surface area contributed by atoms with Gasteiger partial charge in [-0.05, 0) is 0 Å². The van der Waals surface area contributed by atoms with Crippen LogP contribution in [0.2, 0.25) is 0 Å². The van der Waals surface area contributed by atoms with Crippen LogP contribution in [-0.2, 0) is 35.2 Å². The maximum absolute atomic E-state index is 9.38. The van der Waals surface area contributed by atoms with Crippen molar-refractivity contribution in [3.63, 3.8) is 0 Å². The summed E-state index contributed by atoms with van der Waals surface area (Å²) in [5.74, 6) is 0. The van der Waals surface area contributed by atoms with Gasteiger partial charge in [0.2, 0.25) is 0 Å². The molecule has 0 amide bonds. The number of hydrogen-bond acceptors (Lipinski definition) is 6. The van der Waals surface area contributed by atoms with Crippen LogP contribution < -0.4 is 9.79 Å². The van der Waals surface area contributed by atoms with Crippen LogP contribution in [0.1, 0.15) is 0 Å². The average Bonchev–Trinajstić information content (AvgIpc) is 1.87. The summed E-state index contributed by atoms with van der Waals surface area (Å²) in [6.45, 7) is 6.01. The van der Waals surface area contributed by atoms with Gasteiger partial charge in [-0.15, -0.1) is 0 Å². The first-order valence-electron chi connectivity index (χ1n) is 2.51. The summed E-state index contributed by atoms with van der Waals surface area (Å²) in [6.07, 6.45) is 1.74. The van der Waals surface area contributed by atoms with Crippen molar-refractivity contribution in [2.24, 2.45) is 0 Å². The standard InChI is InChI=1S/2C2H5O3P.Cu/c2*1-2-5-6(3)4;/h2*2,6H,1H2,(H,3,4);/q;;+2/p-2. The van der Waals surface area contributed by atoms with Crippen LogP contribution in [0.15, 0.2) is 25.7 Å². The smallest absolute Gasteiger partial charge is 0.771 e. The minimum Gasteiger partial charge on any atom is -0.771 e. The van der Waals surface area contributed by atoms with E-state index in [1.807, 2.05) is 0 Å². The van der Waals surface area contributed by atoms with E-state index in [4.69, 9.17) is 0 Å². The molecule has 13 heavy (non-hydrogen) atoms. The van der Waals surface area contributed by atoms with Crippen LogP contribution in [0.3, 0.4) is 0 Å². The van der Waals surface area contributed by atoms with E-state index in [1.54, 1.807) is 0 Å². The second-order valence-electron chi connectivity index (χ2n) is 1.07. The fourth-order valence-electron chi connectivity index (χ4n) is 0.136. The third kappa shape index (κ3) is 33.4. The van der Waals surface area contributed by atoms with Gasteiger partial charge in [0.1, 0.15) is 0 Å². The molecule has 1 radical (unpaired) electrons. The van der Waals surface area contributed by atoms with E-state index in [0.29, 0.717) is 0 Å². The summed E-state index contributed by atoms with van der Waals surface area (Å²) in [7, 11) is -6.01. The van der Waals surface area contributed by atoms with Crippen LogP contribution in [0.5, 0.6) is 0 Å². The van der Waals surface area contributed by atoms with E-state index in [2.05, 4.69) is 22.2 Å². The first-order valence-corrected chi connectivity index (χ1v) is 4.96. The molecule has 0 saturated carbocycles. The molecule has 0 aromatic heterocycles. The molecule has 0 aliphatic rings. The van der Waals surface area contributed by atoms with E-state index >= 15 is 0 Å². The molecule has 0 aliphatic carbocycles. The SMILES string of the molecule is C=CO[PH](=O)[O-].C=CO[PH](=O)[O-].[Cu+2]. The van der Waals surface area contributed by atoms with E-state index in [9.17, 15) is 18.9 Å². The Labute approximate surface area is 87.6 Å². The third-order valence-corrected chi connectivity index (χ3v) is 1.08. The van der Waals surface area contributed by atoms with Crippen molar-refractivity contribution in [3.05, 3.63) is 25.7 Å². The Morgan fingerprint density at radius 1 is 1.00 bits per heavy atom. The molecular formula is C4H8CuO6P2. The van der Waals surface area contributed by atoms with Gasteiger partial charge in [-0.3, -0.25) is 9.13 Å². The fraction of sp³-hybridized carbons (Fsp3) is 0. The summed E-state index contributed by atoms with van der Waals surface area (Å²) >= 11 is 0. The molecule has 0 saturated heterocycles. The summed E-state index contributed by atoms with van der Waals surface area (Å²) in [5.41, 5.74) is 0. The first kappa shape index (κ1) is 18.7. The maximum Gasteiger partial charge on any atom is 2.00 e. The second kappa shape index (κ2) is 14.5. The molecule has 9 heteroatoms. The molecule has 0 fully saturated rings. The Hall–Kier alpha value is -0.0205. The van der Waals surface area contributed by atoms with Crippen molar-refractivity contribution < 1.29 is 45.0 Å². The minimum atomic E-state index is -3.00. The summed E-state index contributed by atoms with van der Waals surface area (Å²) in [6, 6.07) is 0. The van der Waals surface area contributed by atoms with Crippen molar-refractivity contribution >= 4 is 16.5 Å². The first-order chi connectivity index (χ1) is 5.54. The van der Waals surface area contributed by atoms with Gasteiger partial charge < -0.3 is 18.8 Å². The van der Waals surface area contributed by atoms with Crippen molar-refractivity contribution in [2.45, 2.75) is 0 Å². The van der Waals surface area contributed by atoms with Crippen LogP contribution in [0.25, 0.3) is 0 Å². The van der Waals surface area contributed by atoms with Crippen LogP contribution in [0, 0.1) is 0 Å². The van der Waals surface area contributed by atoms with E-state index in [-0.39, 0.29) is 17.1 Å². The molecule has 0 bridgehead atoms. The molecule has 0 aromatic carbocycles. The minimum absolute atomic E-state index is 0. The fourth-order valence-corrected chi connectivity index (χ4v) is 0.408. The van der Waals surface area contributed by atoms with Gasteiger partial charge in [-0.25, -0.2) is 0 Å². The molecular weight excluding hydrogens is 270 g/mol. The van der Waals surface area contributed by atoms with E-state index in [1.165, 1.54) is 0 Å². The van der Waals surface area contributed by atoms with Crippen molar-refractivity contribution in [2.75, 3.05) is 0 Å². The Balaban J connectivity index is -0.000000143. The van der Waals surface area contributed by atoms with Gasteiger partial charge in [0, 0.05) is 0 Å². The number of hydrogen-bond donors (Lipinski definition) is 0. The molecule has 0 N–H and O–H groups in total. The molecule has 0 heterocycles. The average molecular weight is 278 g/mol. The Morgan fingerprint density at radius 2 is 1.23 bits per heavy atom. The van der Waals surface area contributed by atoms with Gasteiger partial charge in [-0.2, -0.15) is 0 Å². The summed E-state index contributed by atoms with van der Waals surface area (Å²) < 4.78 is 26.4. The molecule has 6 nitrogen and oxygen atoms in total. The normalized spacial score (nSPS) is 11.8. The summed E-state index contributed by atoms with van der Waals surface area (Å²) in [4.78, 5) is 18.8. The predicted octanol–water partition coefficient (Wildman–Crippen LogP) is -0.210. The van der Waals surface area contributed by atoms with Gasteiger partial charge in [0.25, 0.3) is 0 Å². The monoisotopic (exact) mass is 277 g/mol. The topological polar surface area (TPSA) is 98.7 Å². The zero-order valence-electron chi connectivity index (χ0n) is 6.32. The Kier molecular flexibility index (Phi) is 20.9. The Bertz CT molecular complexity index is 163. The molecule has 81 valence electrons. The van der Waals surface area contributed by atoms with Gasteiger partial charge in [-0.1, -0.05) is 13.2 Å².